The van der Waals surface area contributed by atoms with Crippen molar-refractivity contribution in [3.8, 4) is 0 Å². The van der Waals surface area contributed by atoms with Crippen LogP contribution in [0.15, 0.2) is 0 Å². The van der Waals surface area contributed by atoms with Crippen LogP contribution in [0, 0.1) is 17.8 Å². The van der Waals surface area contributed by atoms with Gasteiger partial charge in [0.15, 0.2) is 0 Å². The summed E-state index contributed by atoms with van der Waals surface area (Å²) in [5, 5.41) is 13.4. The van der Waals surface area contributed by atoms with E-state index in [4.69, 9.17) is 0 Å². The molecule has 2 nitrogen and oxygen atoms in total. The van der Waals surface area contributed by atoms with Crippen LogP contribution in [0.5, 0.6) is 0 Å². The third-order valence-corrected chi connectivity index (χ3v) is 4.29. The van der Waals surface area contributed by atoms with Crippen LogP contribution in [0.3, 0.4) is 0 Å². The normalized spacial score (nSPS) is 49.2. The van der Waals surface area contributed by atoms with Crippen molar-refractivity contribution in [2.45, 2.75) is 31.3 Å². The van der Waals surface area contributed by atoms with Crippen molar-refractivity contribution in [3.05, 3.63) is 0 Å². The van der Waals surface area contributed by atoms with Crippen molar-refractivity contribution in [1.82, 2.24) is 5.32 Å². The van der Waals surface area contributed by atoms with Gasteiger partial charge in [-0.2, -0.15) is 0 Å². The van der Waals surface area contributed by atoms with Gasteiger partial charge in [-0.05, 0) is 37.0 Å². The lowest BCUT2D eigenvalue weighted by Gasteiger charge is -2.45. The first-order chi connectivity index (χ1) is 5.78. The van der Waals surface area contributed by atoms with Gasteiger partial charge >= 0.3 is 0 Å². The second-order valence-corrected chi connectivity index (χ2v) is 4.99. The Bertz CT molecular complexity index is 200. The molecule has 2 saturated carbocycles. The molecule has 12 heavy (non-hydrogen) atoms. The Kier molecular flexibility index (Phi) is 1.37. The first-order valence-electron chi connectivity index (χ1n) is 5.21. The van der Waals surface area contributed by atoms with E-state index in [9.17, 15) is 5.11 Å². The number of hydrogen-bond acceptors (Lipinski definition) is 2. The number of hydrogen-bond donors (Lipinski definition) is 2. The van der Waals surface area contributed by atoms with Crippen LogP contribution < -0.4 is 5.32 Å². The molecule has 0 aromatic rings. The molecular formula is C10H17NO. The predicted octanol–water partition coefficient (Wildman–Crippen LogP) is 0.757. The fraction of sp³-hybridized carbons (Fsp3) is 1.00. The molecule has 2 bridgehead atoms. The van der Waals surface area contributed by atoms with Crippen LogP contribution in [0.1, 0.15) is 25.7 Å². The minimum atomic E-state index is -0.306. The van der Waals surface area contributed by atoms with Crippen molar-refractivity contribution >= 4 is 0 Å². The van der Waals surface area contributed by atoms with Crippen molar-refractivity contribution in [2.24, 2.45) is 17.8 Å². The van der Waals surface area contributed by atoms with E-state index >= 15 is 0 Å². The lowest BCUT2D eigenvalue weighted by atomic mass is 9.73. The molecule has 2 N–H and O–H groups in total. The van der Waals surface area contributed by atoms with E-state index < -0.39 is 0 Å². The van der Waals surface area contributed by atoms with Crippen LogP contribution in [0.25, 0.3) is 0 Å². The molecule has 3 rings (SSSR count). The topological polar surface area (TPSA) is 32.3 Å². The number of nitrogens with one attached hydrogen (secondary N) is 1. The van der Waals surface area contributed by atoms with E-state index in [0.717, 1.165) is 24.9 Å². The molecule has 2 aliphatic carbocycles. The lowest BCUT2D eigenvalue weighted by molar-refractivity contribution is -0.0793. The number of fused-ring (bicyclic) bond motifs is 2. The Balaban J connectivity index is 1.77. The predicted molar refractivity (Wildman–Crippen MR) is 46.8 cm³/mol. The van der Waals surface area contributed by atoms with Crippen LogP contribution in [0.4, 0.5) is 0 Å². The molecular weight excluding hydrogens is 150 g/mol. The molecule has 3 unspecified atom stereocenters. The van der Waals surface area contributed by atoms with E-state index in [1.807, 2.05) is 0 Å². The molecule has 0 radical (unpaired) electrons. The SMILES string of the molecule is OC1(C2CC3CCC2C3)CNC1. The van der Waals surface area contributed by atoms with Gasteiger partial charge in [-0.25, -0.2) is 0 Å². The largest absolute Gasteiger partial charge is 0.387 e. The highest BCUT2D eigenvalue weighted by molar-refractivity contribution is 5.05. The van der Waals surface area contributed by atoms with Crippen molar-refractivity contribution in [2.75, 3.05) is 13.1 Å². The highest BCUT2D eigenvalue weighted by Crippen LogP contribution is 2.52. The molecule has 0 spiro atoms. The average Bonchev–Trinajstić information content (AvgIpc) is 2.59. The smallest absolute Gasteiger partial charge is 0.0925 e. The van der Waals surface area contributed by atoms with Gasteiger partial charge in [0.1, 0.15) is 0 Å². The van der Waals surface area contributed by atoms with Crippen LogP contribution in [-0.4, -0.2) is 23.8 Å². The Morgan fingerprint density at radius 1 is 1.17 bits per heavy atom. The van der Waals surface area contributed by atoms with E-state index in [0.29, 0.717) is 5.92 Å². The Morgan fingerprint density at radius 2 is 2.00 bits per heavy atom. The van der Waals surface area contributed by atoms with Gasteiger partial charge in [-0.15, -0.1) is 0 Å². The summed E-state index contributed by atoms with van der Waals surface area (Å²) >= 11 is 0. The Hall–Kier alpha value is -0.0800. The number of rotatable bonds is 1. The molecule has 0 aromatic heterocycles. The standard InChI is InChI=1S/C10H17NO/c12-10(5-11-6-10)9-4-7-1-2-8(9)3-7/h7-9,11-12H,1-6H2. The Labute approximate surface area is 73.4 Å². The Morgan fingerprint density at radius 3 is 2.42 bits per heavy atom. The summed E-state index contributed by atoms with van der Waals surface area (Å²) in [6, 6.07) is 0. The van der Waals surface area contributed by atoms with Gasteiger partial charge in [0.05, 0.1) is 5.60 Å². The number of β-amino-alcohol motifs (C(OH)–C–C–N with tert-alkyl or cyclic N) is 1. The quantitative estimate of drug-likeness (QED) is 0.604. The second-order valence-electron chi connectivity index (χ2n) is 4.99. The summed E-state index contributed by atoms with van der Waals surface area (Å²) < 4.78 is 0. The van der Waals surface area contributed by atoms with Gasteiger partial charge in [0.25, 0.3) is 0 Å². The molecule has 0 amide bonds. The minimum absolute atomic E-state index is 0.306. The maximum absolute atomic E-state index is 10.2. The molecule has 3 aliphatic rings. The first kappa shape index (κ1) is 7.34. The van der Waals surface area contributed by atoms with Gasteiger partial charge in [-0.1, -0.05) is 6.42 Å². The summed E-state index contributed by atoms with van der Waals surface area (Å²) in [5.41, 5.74) is -0.306. The van der Waals surface area contributed by atoms with Crippen molar-refractivity contribution < 1.29 is 5.11 Å². The molecule has 3 atom stereocenters. The van der Waals surface area contributed by atoms with E-state index in [2.05, 4.69) is 5.32 Å². The fourth-order valence-electron chi connectivity index (χ4n) is 3.55. The summed E-state index contributed by atoms with van der Waals surface area (Å²) in [4.78, 5) is 0. The van der Waals surface area contributed by atoms with Gasteiger partial charge in [0.2, 0.25) is 0 Å². The van der Waals surface area contributed by atoms with E-state index in [-0.39, 0.29) is 5.60 Å². The van der Waals surface area contributed by atoms with Crippen LogP contribution >= 0.6 is 0 Å². The lowest BCUT2D eigenvalue weighted by Crippen LogP contribution is -2.64. The second kappa shape index (κ2) is 2.24. The molecule has 2 heteroatoms. The van der Waals surface area contributed by atoms with Crippen molar-refractivity contribution in [3.63, 3.8) is 0 Å². The highest BCUT2D eigenvalue weighted by Gasteiger charge is 2.52. The third-order valence-electron chi connectivity index (χ3n) is 4.29. The average molecular weight is 167 g/mol. The zero-order chi connectivity index (χ0) is 8.18. The molecule has 3 fully saturated rings. The van der Waals surface area contributed by atoms with E-state index in [1.54, 1.807) is 0 Å². The fourth-order valence-corrected chi connectivity index (χ4v) is 3.55. The van der Waals surface area contributed by atoms with Gasteiger partial charge in [-0.3, -0.25) is 0 Å². The molecule has 1 heterocycles. The molecule has 1 aliphatic heterocycles. The summed E-state index contributed by atoms with van der Waals surface area (Å²) in [6.45, 7) is 1.70. The van der Waals surface area contributed by atoms with E-state index in [1.165, 1.54) is 25.7 Å². The molecule has 1 saturated heterocycles. The van der Waals surface area contributed by atoms with Gasteiger partial charge < -0.3 is 10.4 Å². The van der Waals surface area contributed by atoms with Crippen LogP contribution in [-0.2, 0) is 0 Å². The highest BCUT2D eigenvalue weighted by atomic mass is 16.3. The minimum Gasteiger partial charge on any atom is -0.387 e. The molecule has 0 aromatic carbocycles. The third kappa shape index (κ3) is 0.826. The van der Waals surface area contributed by atoms with Crippen LogP contribution in [0.2, 0.25) is 0 Å². The summed E-state index contributed by atoms with van der Waals surface area (Å²) in [7, 11) is 0. The summed E-state index contributed by atoms with van der Waals surface area (Å²) in [5.74, 6) is 2.46. The zero-order valence-electron chi connectivity index (χ0n) is 7.42. The maximum atomic E-state index is 10.2. The van der Waals surface area contributed by atoms with Crippen molar-refractivity contribution in [1.29, 1.82) is 0 Å². The first-order valence-corrected chi connectivity index (χ1v) is 5.21. The maximum Gasteiger partial charge on any atom is 0.0925 e. The monoisotopic (exact) mass is 167 g/mol. The summed E-state index contributed by atoms with van der Waals surface area (Å²) in [6.07, 6.45) is 5.54. The molecule has 68 valence electrons. The van der Waals surface area contributed by atoms with Gasteiger partial charge in [0, 0.05) is 13.1 Å². The number of aliphatic hydroxyl groups is 1. The zero-order valence-corrected chi connectivity index (χ0v) is 7.42.